The van der Waals surface area contributed by atoms with Crippen molar-refractivity contribution in [1.82, 2.24) is 41.5 Å². The van der Waals surface area contributed by atoms with Crippen LogP contribution in [0.15, 0.2) is 12.5 Å². The summed E-state index contributed by atoms with van der Waals surface area (Å²) in [6.45, 7) is 5.91. The highest BCUT2D eigenvalue weighted by Gasteiger charge is 2.39. The number of H-pyrrole nitrogens is 1. The molecular formula is C32H52N10O10. The number of hydrogen-bond donors (Lipinski definition) is 10. The number of amides is 7. The van der Waals surface area contributed by atoms with Crippen molar-refractivity contribution in [1.29, 1.82) is 0 Å². The van der Waals surface area contributed by atoms with E-state index in [-0.39, 0.29) is 37.6 Å². The third kappa shape index (κ3) is 13.9. The number of aliphatic hydroxyl groups excluding tert-OH is 1. The fraction of sp³-hybridized carbons (Fsp3) is 0.656. The van der Waals surface area contributed by atoms with Crippen LogP contribution in [-0.2, 0) is 44.8 Å². The van der Waals surface area contributed by atoms with Crippen LogP contribution in [-0.4, -0.2) is 128 Å². The average Bonchev–Trinajstić information content (AvgIpc) is 3.76. The molecule has 12 N–H and O–H groups in total. The van der Waals surface area contributed by atoms with Crippen molar-refractivity contribution in [3.63, 3.8) is 0 Å². The van der Waals surface area contributed by atoms with E-state index in [0.717, 1.165) is 0 Å². The molecule has 0 saturated carbocycles. The second-order valence-corrected chi connectivity index (χ2v) is 13.5. The first-order chi connectivity index (χ1) is 24.4. The predicted octanol–water partition coefficient (Wildman–Crippen LogP) is -3.63. The number of rotatable bonds is 21. The van der Waals surface area contributed by atoms with Gasteiger partial charge in [0.15, 0.2) is 0 Å². The highest BCUT2D eigenvalue weighted by Crippen LogP contribution is 2.21. The number of likely N-dealkylation sites (tertiary alicyclic amines) is 1. The third-order valence-electron chi connectivity index (χ3n) is 8.11. The lowest BCUT2D eigenvalue weighted by molar-refractivity contribution is -0.145. The standard InChI is InChI=1S/C32H52N10O10/c1-16(2)8-21(31(50)42-7-5-6-24(42)30(49)40-22(32(51)52)9-17(3)4)38-26(45)13-36-28(47)20(11-25(34)44)39-29(48)23(14-43)41-27(46)19(33)10-18-12-35-15-37-18/h12,15-17,19-24,43H,5-11,13-14,33H2,1-4H3,(H2,34,44)(H,35,37)(H,36,47)(H,38,45)(H,39,48)(H,40,49)(H,41,46)(H,51,52)/t19-,20-,21-,22-,23-,24-/m0/s1. The molecule has 2 heterocycles. The zero-order valence-corrected chi connectivity index (χ0v) is 29.8. The van der Waals surface area contributed by atoms with Crippen molar-refractivity contribution in [2.24, 2.45) is 23.3 Å². The van der Waals surface area contributed by atoms with Gasteiger partial charge in [-0.2, -0.15) is 0 Å². The van der Waals surface area contributed by atoms with Gasteiger partial charge in [0.05, 0.1) is 31.9 Å². The Morgan fingerprint density at radius 3 is 2.10 bits per heavy atom. The van der Waals surface area contributed by atoms with Gasteiger partial charge in [0.2, 0.25) is 41.4 Å². The predicted molar refractivity (Wildman–Crippen MR) is 183 cm³/mol. The lowest BCUT2D eigenvalue weighted by Crippen LogP contribution is -2.58. The zero-order chi connectivity index (χ0) is 39.1. The topological polar surface area (TPSA) is 321 Å². The molecule has 7 amide bonds. The van der Waals surface area contributed by atoms with E-state index in [2.05, 4.69) is 36.6 Å². The molecule has 0 unspecified atom stereocenters. The molecule has 52 heavy (non-hydrogen) atoms. The molecule has 0 bridgehead atoms. The number of primary amides is 1. The lowest BCUT2D eigenvalue weighted by Gasteiger charge is -2.30. The number of nitrogens with two attached hydrogens (primary N) is 2. The Bertz CT molecular complexity index is 1420. The molecule has 1 saturated heterocycles. The van der Waals surface area contributed by atoms with Crippen LogP contribution in [0, 0.1) is 11.8 Å². The second-order valence-electron chi connectivity index (χ2n) is 13.5. The number of hydrogen-bond acceptors (Lipinski definition) is 11. The van der Waals surface area contributed by atoms with Crippen LogP contribution in [0.5, 0.6) is 0 Å². The number of aromatic nitrogens is 2. The molecule has 0 aromatic carbocycles. The van der Waals surface area contributed by atoms with Crippen LogP contribution in [0.2, 0.25) is 0 Å². The van der Waals surface area contributed by atoms with Crippen molar-refractivity contribution in [3.8, 4) is 0 Å². The van der Waals surface area contributed by atoms with Gasteiger partial charge in [-0.05, 0) is 37.5 Å². The third-order valence-corrected chi connectivity index (χ3v) is 8.11. The maximum Gasteiger partial charge on any atom is 0.326 e. The van der Waals surface area contributed by atoms with E-state index in [0.29, 0.717) is 18.5 Å². The van der Waals surface area contributed by atoms with Crippen LogP contribution in [0.4, 0.5) is 0 Å². The van der Waals surface area contributed by atoms with Gasteiger partial charge in [0, 0.05) is 24.9 Å². The van der Waals surface area contributed by atoms with Gasteiger partial charge in [-0.3, -0.25) is 33.6 Å². The molecule has 6 atom stereocenters. The normalized spacial score (nSPS) is 17.0. The molecule has 0 radical (unpaired) electrons. The van der Waals surface area contributed by atoms with Crippen LogP contribution >= 0.6 is 0 Å². The summed E-state index contributed by atoms with van der Waals surface area (Å²) in [6.07, 6.45) is 3.35. The van der Waals surface area contributed by atoms with Gasteiger partial charge in [-0.15, -0.1) is 0 Å². The Kier molecular flexibility index (Phi) is 17.1. The number of carbonyl (C=O) groups excluding carboxylic acids is 7. The van der Waals surface area contributed by atoms with Gasteiger partial charge in [-0.25, -0.2) is 9.78 Å². The maximum atomic E-state index is 13.7. The van der Waals surface area contributed by atoms with E-state index < -0.39 is 103 Å². The molecule has 20 nitrogen and oxygen atoms in total. The quantitative estimate of drug-likeness (QED) is 0.0585. The Hall–Kier alpha value is -5.11. The molecule has 0 aliphatic carbocycles. The molecule has 20 heteroatoms. The van der Waals surface area contributed by atoms with Gasteiger partial charge in [0.1, 0.15) is 30.2 Å². The molecule has 290 valence electrons. The molecule has 0 spiro atoms. The summed E-state index contributed by atoms with van der Waals surface area (Å²) in [4.78, 5) is 110. The number of aliphatic hydroxyl groups is 1. The molecule has 1 fully saturated rings. The summed E-state index contributed by atoms with van der Waals surface area (Å²) >= 11 is 0. The van der Waals surface area contributed by atoms with Gasteiger partial charge in [-0.1, -0.05) is 27.7 Å². The Morgan fingerprint density at radius 2 is 1.54 bits per heavy atom. The van der Waals surface area contributed by atoms with Crippen molar-refractivity contribution in [2.75, 3.05) is 19.7 Å². The van der Waals surface area contributed by atoms with Crippen molar-refractivity contribution >= 4 is 47.3 Å². The molecule has 1 aromatic rings. The van der Waals surface area contributed by atoms with Crippen molar-refractivity contribution in [3.05, 3.63) is 18.2 Å². The molecule has 1 aliphatic heterocycles. The fourth-order valence-corrected chi connectivity index (χ4v) is 5.57. The number of nitrogens with one attached hydrogen (secondary N) is 6. The largest absolute Gasteiger partial charge is 0.480 e. The highest BCUT2D eigenvalue weighted by molar-refractivity contribution is 5.97. The van der Waals surface area contributed by atoms with Crippen LogP contribution < -0.4 is 38.1 Å². The van der Waals surface area contributed by atoms with Crippen LogP contribution in [0.1, 0.15) is 65.5 Å². The number of carboxylic acids is 1. The van der Waals surface area contributed by atoms with E-state index in [9.17, 15) is 48.6 Å². The first kappa shape index (κ1) is 43.1. The summed E-state index contributed by atoms with van der Waals surface area (Å²) in [5.41, 5.74) is 11.7. The van der Waals surface area contributed by atoms with Gasteiger partial charge in [0.25, 0.3) is 0 Å². The lowest BCUT2D eigenvalue weighted by atomic mass is 10.0. The summed E-state index contributed by atoms with van der Waals surface area (Å²) in [5.74, 6) is -7.07. The number of imidazole rings is 1. The van der Waals surface area contributed by atoms with E-state index in [4.69, 9.17) is 11.5 Å². The minimum Gasteiger partial charge on any atom is -0.480 e. The average molecular weight is 737 g/mol. The van der Waals surface area contributed by atoms with E-state index in [1.54, 1.807) is 0 Å². The number of aliphatic carboxylic acids is 1. The monoisotopic (exact) mass is 736 g/mol. The first-order valence-electron chi connectivity index (χ1n) is 17.1. The van der Waals surface area contributed by atoms with E-state index >= 15 is 0 Å². The number of aromatic amines is 1. The van der Waals surface area contributed by atoms with Gasteiger partial charge < -0.3 is 58.1 Å². The minimum atomic E-state index is -1.61. The van der Waals surface area contributed by atoms with Crippen LogP contribution in [0.3, 0.4) is 0 Å². The number of nitrogens with zero attached hydrogens (tertiary/aromatic N) is 2. The Morgan fingerprint density at radius 1 is 0.904 bits per heavy atom. The van der Waals surface area contributed by atoms with Gasteiger partial charge >= 0.3 is 5.97 Å². The number of carboxylic acid groups (broad SMARTS) is 1. The van der Waals surface area contributed by atoms with Crippen molar-refractivity contribution in [2.45, 2.75) is 102 Å². The maximum absolute atomic E-state index is 13.7. The minimum absolute atomic E-state index is 0.00969. The smallest absolute Gasteiger partial charge is 0.326 e. The number of carbonyl (C=O) groups is 8. The SMILES string of the molecule is CC(C)C[C@H](NC(=O)[C@@H]1CCCN1C(=O)[C@H](CC(C)C)NC(=O)CNC(=O)[C@H](CC(N)=O)NC(=O)[C@H](CO)NC(=O)[C@@H](N)Cc1cnc[nH]1)C(=O)O. The van der Waals surface area contributed by atoms with E-state index in [1.165, 1.54) is 17.4 Å². The molecule has 2 rings (SSSR count). The molecule has 1 aliphatic rings. The zero-order valence-electron chi connectivity index (χ0n) is 29.8. The summed E-state index contributed by atoms with van der Waals surface area (Å²) < 4.78 is 0. The van der Waals surface area contributed by atoms with Crippen LogP contribution in [0.25, 0.3) is 0 Å². The van der Waals surface area contributed by atoms with E-state index in [1.807, 2.05) is 27.7 Å². The first-order valence-corrected chi connectivity index (χ1v) is 17.1. The Labute approximate surface area is 301 Å². The summed E-state index contributed by atoms with van der Waals surface area (Å²) in [6, 6.07) is -7.46. The summed E-state index contributed by atoms with van der Waals surface area (Å²) in [7, 11) is 0. The summed E-state index contributed by atoms with van der Waals surface area (Å²) in [5, 5.41) is 31.2. The Balaban J connectivity index is 2.05. The molecular weight excluding hydrogens is 684 g/mol. The fourth-order valence-electron chi connectivity index (χ4n) is 5.57. The highest BCUT2D eigenvalue weighted by atomic mass is 16.4. The van der Waals surface area contributed by atoms with Crippen molar-refractivity contribution < 1.29 is 48.6 Å². The molecule has 1 aromatic heterocycles. The second kappa shape index (κ2) is 20.7.